The molecule has 59 heavy (non-hydrogen) atoms. The van der Waals surface area contributed by atoms with Crippen LogP contribution < -0.4 is 5.73 Å². The Morgan fingerprint density at radius 1 is 0.525 bits per heavy atom. The number of esters is 2. The van der Waals surface area contributed by atoms with Crippen LogP contribution in [0.1, 0.15) is 194 Å². The molecule has 0 rings (SSSR count). The molecule has 0 amide bonds. The number of hydrogen-bond donors (Lipinski definition) is 2. The fourth-order valence-corrected chi connectivity index (χ4v) is 6.96. The standard InChI is InChI=1S/C49H86NO8P/c1-3-5-7-9-11-13-15-17-19-21-23-25-27-29-31-33-35-37-39-41-48(51)55-45-47(46-57-59(53,54)56-44-43-50)58-49(52)42-40-38-36-34-32-30-28-26-24-22-20-18-16-14-12-10-8-6-4-2/h6,8,12,14,18,20,24,26,30,32,36,38,47H,3-5,7,9-11,13,15-17,19,21-23,25,27-29,31,33-35,37,39-46,50H2,1-2H3,(H,53,54)/b8-6-,14-12-,20-18-,26-24-,32-30-,38-36-/t47-/m1/s1. The summed E-state index contributed by atoms with van der Waals surface area (Å²) < 4.78 is 32.8. The van der Waals surface area contributed by atoms with Crippen molar-refractivity contribution in [3.8, 4) is 0 Å². The van der Waals surface area contributed by atoms with Crippen LogP contribution in [0.5, 0.6) is 0 Å². The quantitative estimate of drug-likeness (QED) is 0.0266. The molecule has 0 saturated carbocycles. The molecule has 340 valence electrons. The highest BCUT2D eigenvalue weighted by Gasteiger charge is 2.25. The number of rotatable bonds is 43. The van der Waals surface area contributed by atoms with Crippen LogP contribution in [0.15, 0.2) is 72.9 Å². The van der Waals surface area contributed by atoms with Gasteiger partial charge in [-0.25, -0.2) is 4.57 Å². The molecule has 0 aliphatic carbocycles. The van der Waals surface area contributed by atoms with Crippen LogP contribution >= 0.6 is 7.82 Å². The Labute approximate surface area is 361 Å². The second-order valence-electron chi connectivity index (χ2n) is 15.2. The number of phosphoric acid groups is 1. The van der Waals surface area contributed by atoms with Gasteiger partial charge in [-0.1, -0.05) is 202 Å². The van der Waals surface area contributed by atoms with E-state index in [1.54, 1.807) is 0 Å². The van der Waals surface area contributed by atoms with Gasteiger partial charge in [-0.3, -0.25) is 18.6 Å². The summed E-state index contributed by atoms with van der Waals surface area (Å²) in [7, 11) is -4.40. The predicted molar refractivity (Wildman–Crippen MR) is 247 cm³/mol. The molecule has 0 saturated heterocycles. The highest BCUT2D eigenvalue weighted by Crippen LogP contribution is 2.43. The Hall–Kier alpha value is -2.55. The normalized spacial score (nSPS) is 13.9. The molecule has 10 heteroatoms. The van der Waals surface area contributed by atoms with E-state index in [0.29, 0.717) is 6.42 Å². The summed E-state index contributed by atoms with van der Waals surface area (Å²) in [4.78, 5) is 34.9. The minimum Gasteiger partial charge on any atom is -0.462 e. The SMILES string of the molecule is CC/C=C\C/C=C\C/C=C\C/C=C\C/C=C\C/C=C\CCC(=O)O[C@H](COC(=O)CCCCCCCCCCCCCCCCCCCCC)COP(=O)(O)OCCN. The van der Waals surface area contributed by atoms with Crippen molar-refractivity contribution in [1.82, 2.24) is 0 Å². The van der Waals surface area contributed by atoms with Gasteiger partial charge in [0.05, 0.1) is 13.2 Å². The lowest BCUT2D eigenvalue weighted by Gasteiger charge is -2.19. The van der Waals surface area contributed by atoms with E-state index in [0.717, 1.165) is 57.8 Å². The van der Waals surface area contributed by atoms with Crippen molar-refractivity contribution in [2.24, 2.45) is 5.73 Å². The molecule has 0 bridgehead atoms. The van der Waals surface area contributed by atoms with E-state index in [1.165, 1.54) is 103 Å². The van der Waals surface area contributed by atoms with Crippen molar-refractivity contribution >= 4 is 19.8 Å². The molecule has 1 unspecified atom stereocenters. The molecule has 3 N–H and O–H groups in total. The lowest BCUT2D eigenvalue weighted by Crippen LogP contribution is -2.29. The van der Waals surface area contributed by atoms with Crippen LogP contribution in [-0.2, 0) is 32.7 Å². The minimum atomic E-state index is -4.40. The van der Waals surface area contributed by atoms with E-state index in [9.17, 15) is 19.0 Å². The molecule has 0 aromatic rings. The summed E-state index contributed by atoms with van der Waals surface area (Å²) in [6, 6.07) is 0. The average Bonchev–Trinajstić information content (AvgIpc) is 3.22. The van der Waals surface area contributed by atoms with Gasteiger partial charge in [0, 0.05) is 19.4 Å². The number of hydrogen-bond acceptors (Lipinski definition) is 8. The first-order valence-corrected chi connectivity index (χ1v) is 24.9. The zero-order chi connectivity index (χ0) is 43.2. The zero-order valence-corrected chi connectivity index (χ0v) is 38.4. The zero-order valence-electron chi connectivity index (χ0n) is 37.5. The molecule has 0 heterocycles. The second-order valence-corrected chi connectivity index (χ2v) is 16.7. The van der Waals surface area contributed by atoms with Gasteiger partial charge < -0.3 is 20.1 Å². The number of unbranched alkanes of at least 4 members (excludes halogenated alkanes) is 18. The number of nitrogens with two attached hydrogens (primary N) is 1. The number of allylic oxidation sites excluding steroid dienone is 12. The first-order chi connectivity index (χ1) is 28.8. The van der Waals surface area contributed by atoms with Crippen molar-refractivity contribution in [2.75, 3.05) is 26.4 Å². The van der Waals surface area contributed by atoms with Crippen molar-refractivity contribution < 1.29 is 37.6 Å². The van der Waals surface area contributed by atoms with Gasteiger partial charge in [0.25, 0.3) is 0 Å². The van der Waals surface area contributed by atoms with Crippen LogP contribution in [0.2, 0.25) is 0 Å². The van der Waals surface area contributed by atoms with Crippen LogP contribution in [0.3, 0.4) is 0 Å². The predicted octanol–water partition coefficient (Wildman–Crippen LogP) is 13.8. The van der Waals surface area contributed by atoms with Crippen molar-refractivity contribution in [3.63, 3.8) is 0 Å². The van der Waals surface area contributed by atoms with Gasteiger partial charge in [0.2, 0.25) is 0 Å². The Bertz CT molecular complexity index is 1190. The Morgan fingerprint density at radius 2 is 0.932 bits per heavy atom. The summed E-state index contributed by atoms with van der Waals surface area (Å²) in [5.41, 5.74) is 5.35. The van der Waals surface area contributed by atoms with E-state index in [-0.39, 0.29) is 32.6 Å². The Morgan fingerprint density at radius 3 is 1.36 bits per heavy atom. The van der Waals surface area contributed by atoms with Crippen LogP contribution in [-0.4, -0.2) is 49.3 Å². The molecule has 9 nitrogen and oxygen atoms in total. The summed E-state index contributed by atoms with van der Waals surface area (Å²) in [5.74, 6) is -0.925. The number of carbonyl (C=O) groups excluding carboxylic acids is 2. The maximum Gasteiger partial charge on any atom is 0.472 e. The van der Waals surface area contributed by atoms with Crippen LogP contribution in [0.25, 0.3) is 0 Å². The third-order valence-corrected chi connectivity index (χ3v) is 10.6. The molecule has 0 fully saturated rings. The number of ether oxygens (including phenoxy) is 2. The topological polar surface area (TPSA) is 134 Å². The van der Waals surface area contributed by atoms with Crippen molar-refractivity contribution in [3.05, 3.63) is 72.9 Å². The molecule has 2 atom stereocenters. The average molecular weight is 848 g/mol. The van der Waals surface area contributed by atoms with E-state index < -0.39 is 32.5 Å². The molecule has 0 aromatic carbocycles. The summed E-state index contributed by atoms with van der Waals surface area (Å²) >= 11 is 0. The lowest BCUT2D eigenvalue weighted by atomic mass is 10.0. The van der Waals surface area contributed by atoms with E-state index in [2.05, 4.69) is 74.6 Å². The molecular formula is C49H86NO8P. The Balaban J connectivity index is 4.21. The van der Waals surface area contributed by atoms with Crippen LogP contribution in [0.4, 0.5) is 0 Å². The van der Waals surface area contributed by atoms with Crippen molar-refractivity contribution in [1.29, 1.82) is 0 Å². The van der Waals surface area contributed by atoms with Gasteiger partial charge in [0.15, 0.2) is 6.10 Å². The second kappa shape index (κ2) is 45.0. The fraction of sp³-hybridized carbons (Fsp3) is 0.714. The molecule has 0 radical (unpaired) electrons. The summed E-state index contributed by atoms with van der Waals surface area (Å²) in [5, 5.41) is 0. The van der Waals surface area contributed by atoms with E-state index >= 15 is 0 Å². The lowest BCUT2D eigenvalue weighted by molar-refractivity contribution is -0.161. The van der Waals surface area contributed by atoms with E-state index in [4.69, 9.17) is 24.3 Å². The first kappa shape index (κ1) is 56.5. The largest absolute Gasteiger partial charge is 0.472 e. The van der Waals surface area contributed by atoms with Gasteiger partial charge in [-0.2, -0.15) is 0 Å². The van der Waals surface area contributed by atoms with Gasteiger partial charge in [-0.05, 0) is 51.4 Å². The third kappa shape index (κ3) is 44.8. The molecule has 0 aromatic heterocycles. The first-order valence-electron chi connectivity index (χ1n) is 23.4. The minimum absolute atomic E-state index is 0.0397. The molecule has 0 spiro atoms. The maximum atomic E-state index is 12.6. The van der Waals surface area contributed by atoms with Crippen LogP contribution in [0, 0.1) is 0 Å². The van der Waals surface area contributed by atoms with Gasteiger partial charge in [0.1, 0.15) is 6.61 Å². The summed E-state index contributed by atoms with van der Waals surface area (Å²) in [6.45, 7) is 3.54. The summed E-state index contributed by atoms with van der Waals surface area (Å²) in [6.07, 6.45) is 55.2. The third-order valence-electron chi connectivity index (χ3n) is 9.62. The fourth-order valence-electron chi connectivity index (χ4n) is 6.19. The van der Waals surface area contributed by atoms with E-state index in [1.807, 2.05) is 12.2 Å². The molecule has 0 aliphatic rings. The molecule has 0 aliphatic heterocycles. The highest BCUT2D eigenvalue weighted by atomic mass is 31.2. The van der Waals surface area contributed by atoms with Gasteiger partial charge in [-0.15, -0.1) is 0 Å². The van der Waals surface area contributed by atoms with Gasteiger partial charge >= 0.3 is 19.8 Å². The Kier molecular flexibility index (Phi) is 43.0. The maximum absolute atomic E-state index is 12.6. The molecular weight excluding hydrogens is 762 g/mol. The smallest absolute Gasteiger partial charge is 0.462 e. The van der Waals surface area contributed by atoms with Crippen molar-refractivity contribution in [2.45, 2.75) is 200 Å². The highest BCUT2D eigenvalue weighted by molar-refractivity contribution is 7.47. The number of carbonyl (C=O) groups is 2. The monoisotopic (exact) mass is 848 g/mol. The number of phosphoric ester groups is 1.